The molecule has 0 aliphatic carbocycles. The maximum absolute atomic E-state index is 6.56. The van der Waals surface area contributed by atoms with E-state index >= 15 is 0 Å². The lowest BCUT2D eigenvalue weighted by molar-refractivity contribution is 0.00578. The van der Waals surface area contributed by atoms with Gasteiger partial charge < -0.3 is 18.8 Å². The van der Waals surface area contributed by atoms with E-state index in [0.29, 0.717) is 23.0 Å². The maximum atomic E-state index is 6.56. The first-order valence-electron chi connectivity index (χ1n) is 15.8. The van der Waals surface area contributed by atoms with Crippen LogP contribution in [0.1, 0.15) is 27.7 Å². The highest BCUT2D eigenvalue weighted by atomic mass is 16.7. The van der Waals surface area contributed by atoms with Gasteiger partial charge in [-0.2, -0.15) is 0 Å². The van der Waals surface area contributed by atoms with Gasteiger partial charge >= 0.3 is 7.12 Å². The number of aromatic nitrogens is 2. The average molecular weight is 617 g/mol. The summed E-state index contributed by atoms with van der Waals surface area (Å²) in [5, 5.41) is 0. The lowest BCUT2D eigenvalue weighted by Gasteiger charge is -2.32. The summed E-state index contributed by atoms with van der Waals surface area (Å²) in [6, 6.07) is 38.8. The third-order valence-electron chi connectivity index (χ3n) is 9.31. The standard InChI is InChI=1S/C40H33BN2O4/c1-39(2)40(3,4)47-41(46-39)32-20-19-31(37-38(32)45-36-14-6-5-13-35(36)44-37)27-17-15-26(16-18-27)28-23-29(33-11-7-9-21-42-33)25-30(24-28)34-12-8-10-22-43-34/h5-25H,1-4H3. The van der Waals surface area contributed by atoms with E-state index in [1.165, 1.54) is 0 Å². The third kappa shape index (κ3) is 5.27. The van der Waals surface area contributed by atoms with Crippen LogP contribution in [-0.4, -0.2) is 28.3 Å². The van der Waals surface area contributed by atoms with Crippen molar-refractivity contribution in [2.45, 2.75) is 38.9 Å². The Morgan fingerprint density at radius 1 is 0.489 bits per heavy atom. The normalized spacial score (nSPS) is 15.7. The molecule has 8 rings (SSSR count). The Labute approximate surface area is 275 Å². The third-order valence-corrected chi connectivity index (χ3v) is 9.31. The van der Waals surface area contributed by atoms with Gasteiger partial charge in [-0.25, -0.2) is 0 Å². The summed E-state index contributed by atoms with van der Waals surface area (Å²) in [6.07, 6.45) is 3.64. The molecule has 0 amide bonds. The smallest absolute Gasteiger partial charge is 0.450 e. The van der Waals surface area contributed by atoms with Crippen LogP contribution in [0.4, 0.5) is 0 Å². The summed E-state index contributed by atoms with van der Waals surface area (Å²) in [6.45, 7) is 8.20. The van der Waals surface area contributed by atoms with Crippen molar-refractivity contribution in [2.75, 3.05) is 0 Å². The predicted octanol–water partition coefficient (Wildman–Crippen LogP) is 9.34. The maximum Gasteiger partial charge on any atom is 0.498 e. The van der Waals surface area contributed by atoms with Crippen LogP contribution >= 0.6 is 0 Å². The molecule has 6 aromatic rings. The van der Waals surface area contributed by atoms with Gasteiger partial charge in [0.25, 0.3) is 0 Å². The van der Waals surface area contributed by atoms with Crippen LogP contribution in [0.15, 0.2) is 128 Å². The lowest BCUT2D eigenvalue weighted by atomic mass is 9.77. The molecule has 0 radical (unpaired) electrons. The van der Waals surface area contributed by atoms with Crippen molar-refractivity contribution >= 4 is 12.6 Å². The van der Waals surface area contributed by atoms with Crippen LogP contribution in [0.2, 0.25) is 0 Å². The van der Waals surface area contributed by atoms with Crippen LogP contribution in [0, 0.1) is 0 Å². The number of rotatable bonds is 5. The molecule has 0 N–H and O–H groups in total. The molecule has 7 heteroatoms. The zero-order chi connectivity index (χ0) is 32.2. The summed E-state index contributed by atoms with van der Waals surface area (Å²) < 4.78 is 25.9. The highest BCUT2D eigenvalue weighted by molar-refractivity contribution is 6.63. The number of nitrogens with zero attached hydrogens (tertiary/aromatic N) is 2. The van der Waals surface area contributed by atoms with Gasteiger partial charge in [-0.05, 0) is 99.0 Å². The Balaban J connectivity index is 1.20. The van der Waals surface area contributed by atoms with Gasteiger partial charge in [0.15, 0.2) is 23.0 Å². The molecule has 1 saturated heterocycles. The molecule has 2 aromatic heterocycles. The molecule has 0 saturated carbocycles. The molecule has 0 spiro atoms. The molecule has 0 atom stereocenters. The van der Waals surface area contributed by atoms with Crippen LogP contribution in [0.3, 0.4) is 0 Å². The number of fused-ring (bicyclic) bond motifs is 2. The zero-order valence-electron chi connectivity index (χ0n) is 26.7. The first-order valence-corrected chi connectivity index (χ1v) is 15.8. The van der Waals surface area contributed by atoms with Crippen molar-refractivity contribution in [1.29, 1.82) is 0 Å². The van der Waals surface area contributed by atoms with Crippen molar-refractivity contribution in [3.8, 4) is 67.8 Å². The molecule has 1 fully saturated rings. The quantitative estimate of drug-likeness (QED) is 0.180. The number of hydrogen-bond acceptors (Lipinski definition) is 6. The number of pyridine rings is 2. The number of ether oxygens (including phenoxy) is 2. The first kappa shape index (κ1) is 29.2. The van der Waals surface area contributed by atoms with Gasteiger partial charge in [0.2, 0.25) is 0 Å². The molecule has 6 nitrogen and oxygen atoms in total. The summed E-state index contributed by atoms with van der Waals surface area (Å²) >= 11 is 0. The van der Waals surface area contributed by atoms with Gasteiger partial charge in [0.05, 0.1) is 22.6 Å². The van der Waals surface area contributed by atoms with Crippen molar-refractivity contribution in [2.24, 2.45) is 0 Å². The van der Waals surface area contributed by atoms with Crippen molar-refractivity contribution in [3.05, 3.63) is 128 Å². The van der Waals surface area contributed by atoms with Gasteiger partial charge in [0.1, 0.15) is 0 Å². The summed E-state index contributed by atoms with van der Waals surface area (Å²) in [5.41, 5.74) is 7.77. The van der Waals surface area contributed by atoms with E-state index in [4.69, 9.17) is 18.8 Å². The second-order valence-corrected chi connectivity index (χ2v) is 12.9. The van der Waals surface area contributed by atoms with E-state index < -0.39 is 18.3 Å². The van der Waals surface area contributed by atoms with Gasteiger partial charge in [-0.15, -0.1) is 0 Å². The highest BCUT2D eigenvalue weighted by Gasteiger charge is 2.53. The molecule has 0 bridgehead atoms. The second kappa shape index (κ2) is 11.2. The minimum Gasteiger partial charge on any atom is -0.450 e. The Bertz CT molecular complexity index is 2020. The van der Waals surface area contributed by atoms with Gasteiger partial charge in [-0.1, -0.05) is 60.7 Å². The molecule has 2 aliphatic heterocycles. The van der Waals surface area contributed by atoms with Crippen LogP contribution in [-0.2, 0) is 9.31 Å². The Kier molecular flexibility index (Phi) is 6.97. The number of para-hydroxylation sites is 2. The SMILES string of the molecule is CC1(C)OB(c2ccc(-c3ccc(-c4cc(-c5ccccn5)cc(-c5ccccn5)c4)cc3)c3c2Oc2ccccc2O3)OC1(C)C. The fraction of sp³-hybridized carbons (Fsp3) is 0.150. The Morgan fingerprint density at radius 3 is 1.55 bits per heavy atom. The molecule has 0 unspecified atom stereocenters. The van der Waals surface area contributed by atoms with E-state index in [1.807, 2.05) is 107 Å². The Hall–Kier alpha value is -5.24. The minimum atomic E-state index is -0.598. The predicted molar refractivity (Wildman–Crippen MR) is 186 cm³/mol. The van der Waals surface area contributed by atoms with Crippen molar-refractivity contribution < 1.29 is 18.8 Å². The minimum absolute atomic E-state index is 0.489. The zero-order valence-corrected chi connectivity index (χ0v) is 26.7. The first-order chi connectivity index (χ1) is 22.8. The van der Waals surface area contributed by atoms with E-state index in [1.54, 1.807) is 0 Å². The number of hydrogen-bond donors (Lipinski definition) is 0. The van der Waals surface area contributed by atoms with E-state index in [9.17, 15) is 0 Å². The van der Waals surface area contributed by atoms with Crippen molar-refractivity contribution in [1.82, 2.24) is 9.97 Å². The summed E-state index contributed by atoms with van der Waals surface area (Å²) in [7, 11) is -0.598. The Morgan fingerprint density at radius 2 is 1.00 bits per heavy atom. The van der Waals surface area contributed by atoms with Gasteiger partial charge in [0, 0.05) is 34.5 Å². The van der Waals surface area contributed by atoms with Crippen molar-refractivity contribution in [3.63, 3.8) is 0 Å². The van der Waals surface area contributed by atoms with E-state index in [2.05, 4.69) is 58.5 Å². The fourth-order valence-electron chi connectivity index (χ4n) is 6.01. The molecule has 2 aliphatic rings. The molecular formula is C40H33BN2O4. The van der Waals surface area contributed by atoms with E-state index in [0.717, 1.165) is 50.2 Å². The van der Waals surface area contributed by atoms with E-state index in [-0.39, 0.29) is 0 Å². The molecule has 4 aromatic carbocycles. The van der Waals surface area contributed by atoms with Crippen LogP contribution in [0.5, 0.6) is 23.0 Å². The summed E-state index contributed by atoms with van der Waals surface area (Å²) in [4.78, 5) is 9.23. The molecule has 4 heterocycles. The molecular weight excluding hydrogens is 583 g/mol. The fourth-order valence-corrected chi connectivity index (χ4v) is 6.01. The van der Waals surface area contributed by atoms with Gasteiger partial charge in [-0.3, -0.25) is 9.97 Å². The lowest BCUT2D eigenvalue weighted by Crippen LogP contribution is -2.41. The summed E-state index contributed by atoms with van der Waals surface area (Å²) in [5.74, 6) is 2.56. The molecule has 230 valence electrons. The van der Waals surface area contributed by atoms with Crippen LogP contribution < -0.4 is 14.9 Å². The largest absolute Gasteiger partial charge is 0.498 e. The number of benzene rings is 4. The molecule has 47 heavy (non-hydrogen) atoms. The average Bonchev–Trinajstić information content (AvgIpc) is 3.33. The highest BCUT2D eigenvalue weighted by Crippen LogP contribution is 2.50. The van der Waals surface area contributed by atoms with Crippen LogP contribution in [0.25, 0.3) is 44.8 Å². The second-order valence-electron chi connectivity index (χ2n) is 12.9. The monoisotopic (exact) mass is 616 g/mol. The topological polar surface area (TPSA) is 62.7 Å².